The lowest BCUT2D eigenvalue weighted by atomic mass is 10.2. The van der Waals surface area contributed by atoms with E-state index in [2.05, 4.69) is 25.9 Å². The third-order valence-corrected chi connectivity index (χ3v) is 4.81. The van der Waals surface area contributed by atoms with Crippen LogP contribution in [-0.4, -0.2) is 40.4 Å². The molecule has 1 aromatic rings. The van der Waals surface area contributed by atoms with Crippen LogP contribution in [0.15, 0.2) is 16.9 Å². The molecule has 1 fully saturated rings. The van der Waals surface area contributed by atoms with Crippen molar-refractivity contribution in [2.75, 3.05) is 12.1 Å². The number of aromatic nitrogens is 2. The predicted molar refractivity (Wildman–Crippen MR) is 81.1 cm³/mol. The third-order valence-electron chi connectivity index (χ3n) is 4.18. The molecule has 27 heavy (non-hydrogen) atoms. The summed E-state index contributed by atoms with van der Waals surface area (Å²) in [6.45, 7) is 0. The fourth-order valence-corrected chi connectivity index (χ4v) is 3.44. The average Bonchev–Trinajstić information content (AvgIpc) is 3.30. The molecule has 0 radical (unpaired) electrons. The first kappa shape index (κ1) is 20.2. The van der Waals surface area contributed by atoms with Crippen LogP contribution in [0.25, 0.3) is 0 Å². The molecule has 1 aromatic heterocycles. The highest BCUT2D eigenvalue weighted by Crippen LogP contribution is 2.48. The molecule has 1 saturated carbocycles. The van der Waals surface area contributed by atoms with E-state index in [0.29, 0.717) is 19.0 Å². The van der Waals surface area contributed by atoms with Gasteiger partial charge in [-0.3, -0.25) is 5.01 Å². The van der Waals surface area contributed by atoms with Gasteiger partial charge in [-0.15, -0.1) is 0 Å². The van der Waals surface area contributed by atoms with Gasteiger partial charge in [0.05, 0.1) is 17.6 Å². The monoisotopic (exact) mass is 466 g/mol. The van der Waals surface area contributed by atoms with E-state index in [1.807, 2.05) is 0 Å². The van der Waals surface area contributed by atoms with Gasteiger partial charge in [0.15, 0.2) is 6.04 Å². The molecular formula is C14H11BrF8N4. The highest BCUT2D eigenvalue weighted by atomic mass is 79.9. The van der Waals surface area contributed by atoms with Crippen LogP contribution >= 0.6 is 15.9 Å². The number of rotatable bonds is 3. The van der Waals surface area contributed by atoms with E-state index >= 15 is 0 Å². The van der Waals surface area contributed by atoms with Crippen molar-refractivity contribution in [3.8, 4) is 0 Å². The first-order valence-electron chi connectivity index (χ1n) is 7.53. The Balaban J connectivity index is 2.03. The molecule has 3 rings (SSSR count). The van der Waals surface area contributed by atoms with Crippen LogP contribution in [0.2, 0.25) is 0 Å². The van der Waals surface area contributed by atoms with E-state index < -0.39 is 36.1 Å². The lowest BCUT2D eigenvalue weighted by molar-refractivity contribution is -0.292. The van der Waals surface area contributed by atoms with Crippen LogP contribution in [0.3, 0.4) is 0 Å². The van der Waals surface area contributed by atoms with E-state index in [4.69, 9.17) is 0 Å². The van der Waals surface area contributed by atoms with E-state index in [-0.39, 0.29) is 15.9 Å². The number of nitrogens with zero attached hydrogens (tertiary/aromatic N) is 4. The lowest BCUT2D eigenvalue weighted by Crippen LogP contribution is -2.46. The summed E-state index contributed by atoms with van der Waals surface area (Å²) >= 11 is 2.82. The first-order valence-corrected chi connectivity index (χ1v) is 8.32. The van der Waals surface area contributed by atoms with Gasteiger partial charge in [0.25, 0.3) is 0 Å². The summed E-state index contributed by atoms with van der Waals surface area (Å²) < 4.78 is 104. The summed E-state index contributed by atoms with van der Waals surface area (Å²) in [6, 6.07) is -2.03. The van der Waals surface area contributed by atoms with Crippen molar-refractivity contribution < 1.29 is 35.1 Å². The minimum absolute atomic E-state index is 0.0783. The van der Waals surface area contributed by atoms with Crippen LogP contribution in [0.4, 0.5) is 40.8 Å². The third kappa shape index (κ3) is 3.50. The van der Waals surface area contributed by atoms with Gasteiger partial charge in [0, 0.05) is 23.6 Å². The Labute approximate surface area is 156 Å². The average molecular weight is 467 g/mol. The number of likely N-dealkylation sites (N-methyl/N-ethyl adjacent to an activating group) is 1. The number of hydrazine groups is 1. The first-order chi connectivity index (χ1) is 12.2. The van der Waals surface area contributed by atoms with E-state index in [1.54, 1.807) is 0 Å². The maximum atomic E-state index is 13.6. The predicted octanol–water partition coefficient (Wildman–Crippen LogP) is 4.84. The Kier molecular flexibility index (Phi) is 4.69. The molecule has 0 bridgehead atoms. The molecule has 13 heteroatoms. The quantitative estimate of drug-likeness (QED) is 0.596. The molecule has 1 atom stereocenters. The van der Waals surface area contributed by atoms with Crippen molar-refractivity contribution in [3.63, 3.8) is 0 Å². The summed E-state index contributed by atoms with van der Waals surface area (Å²) in [4.78, 5) is 6.49. The van der Waals surface area contributed by atoms with Crippen molar-refractivity contribution >= 4 is 21.6 Å². The number of hydrogen-bond donors (Lipinski definition) is 0. The van der Waals surface area contributed by atoms with Gasteiger partial charge in [-0.05, 0) is 12.8 Å². The molecule has 0 amide bonds. The van der Waals surface area contributed by atoms with E-state index in [0.717, 1.165) is 23.3 Å². The summed E-state index contributed by atoms with van der Waals surface area (Å²) in [5.74, 6) is -7.41. The zero-order valence-corrected chi connectivity index (χ0v) is 15.0. The molecular weight excluding hydrogens is 456 g/mol. The molecule has 0 spiro atoms. The maximum Gasteiger partial charge on any atom is 0.461 e. The van der Waals surface area contributed by atoms with Crippen LogP contribution in [0.1, 0.15) is 30.3 Å². The highest BCUT2D eigenvalue weighted by Gasteiger charge is 2.61. The van der Waals surface area contributed by atoms with Gasteiger partial charge in [-0.1, -0.05) is 15.9 Å². The maximum absolute atomic E-state index is 13.6. The molecule has 1 aliphatic carbocycles. The zero-order chi connectivity index (χ0) is 20.4. The minimum Gasteiger partial charge on any atom is -0.277 e. The fraction of sp³-hybridized carbons (Fsp3) is 0.571. The second-order valence-electron chi connectivity index (χ2n) is 6.19. The number of anilines is 1. The molecule has 1 unspecified atom stereocenters. The van der Waals surface area contributed by atoms with Crippen molar-refractivity contribution in [3.05, 3.63) is 28.4 Å². The lowest BCUT2D eigenvalue weighted by Gasteiger charge is -2.32. The van der Waals surface area contributed by atoms with Crippen molar-refractivity contribution in [1.29, 1.82) is 0 Å². The number of halogens is 9. The summed E-state index contributed by atoms with van der Waals surface area (Å²) in [7, 11) is 1.11. The van der Waals surface area contributed by atoms with Crippen LogP contribution < -0.4 is 5.01 Å². The Hall–Kier alpha value is -1.50. The van der Waals surface area contributed by atoms with Crippen molar-refractivity contribution in [2.45, 2.75) is 43.1 Å². The van der Waals surface area contributed by atoms with Gasteiger partial charge in [0.2, 0.25) is 5.82 Å². The van der Waals surface area contributed by atoms with Crippen LogP contribution in [-0.2, 0) is 5.92 Å². The molecule has 4 nitrogen and oxygen atoms in total. The molecule has 0 aromatic carbocycles. The van der Waals surface area contributed by atoms with Gasteiger partial charge in [-0.2, -0.15) is 35.1 Å². The molecule has 0 saturated heterocycles. The minimum atomic E-state index is -5.88. The molecule has 2 aliphatic rings. The van der Waals surface area contributed by atoms with Gasteiger partial charge in [0.1, 0.15) is 0 Å². The number of hydrogen-bond acceptors (Lipinski definition) is 4. The van der Waals surface area contributed by atoms with E-state index in [9.17, 15) is 35.1 Å². The standard InChI is InChI=1S/C14H11BrF8N4/c1-26-10(13(18,19)20)7(15)5-27(26)8-4-24-11(12(16,17)14(21,22)23)25-9(8)6-2-3-6/h4-6,10H,2-3H2,1H3. The Bertz CT molecular complexity index is 771. The second kappa shape index (κ2) is 6.26. The SMILES string of the molecule is CN1C(C(F)(F)F)C(Br)=CN1c1cnc(C(F)(F)C(F)(F)F)nc1C1CC1. The molecule has 150 valence electrons. The topological polar surface area (TPSA) is 32.3 Å². The Morgan fingerprint density at radius 3 is 2.11 bits per heavy atom. The molecule has 1 aliphatic heterocycles. The normalized spacial score (nSPS) is 22.4. The van der Waals surface area contributed by atoms with Crippen molar-refractivity contribution in [2.24, 2.45) is 0 Å². The van der Waals surface area contributed by atoms with Crippen molar-refractivity contribution in [1.82, 2.24) is 15.0 Å². The molecule has 2 heterocycles. The smallest absolute Gasteiger partial charge is 0.277 e. The second-order valence-corrected chi connectivity index (χ2v) is 7.10. The molecule has 0 N–H and O–H groups in total. The number of alkyl halides is 8. The zero-order valence-electron chi connectivity index (χ0n) is 13.4. The summed E-state index contributed by atoms with van der Waals surface area (Å²) in [6.07, 6.45) is -7.81. The summed E-state index contributed by atoms with van der Waals surface area (Å²) in [5, 5.41) is 1.77. The van der Waals surface area contributed by atoms with Crippen LogP contribution in [0, 0.1) is 0 Å². The van der Waals surface area contributed by atoms with Crippen LogP contribution in [0.5, 0.6) is 0 Å². The fourth-order valence-electron chi connectivity index (χ4n) is 2.69. The van der Waals surface area contributed by atoms with Gasteiger partial charge >= 0.3 is 18.3 Å². The largest absolute Gasteiger partial charge is 0.461 e. The Morgan fingerprint density at radius 2 is 1.67 bits per heavy atom. The van der Waals surface area contributed by atoms with E-state index in [1.165, 1.54) is 0 Å². The van der Waals surface area contributed by atoms with Gasteiger partial charge < -0.3 is 0 Å². The highest BCUT2D eigenvalue weighted by molar-refractivity contribution is 9.11. The summed E-state index contributed by atoms with van der Waals surface area (Å²) in [5.41, 5.74) is -0.222. The van der Waals surface area contributed by atoms with Gasteiger partial charge in [-0.25, -0.2) is 15.0 Å². The Morgan fingerprint density at radius 1 is 1.07 bits per heavy atom.